The summed E-state index contributed by atoms with van der Waals surface area (Å²) in [6.45, 7) is 9.65. The van der Waals surface area contributed by atoms with Crippen LogP contribution in [0.5, 0.6) is 0 Å². The number of hydrogen-bond acceptors (Lipinski definition) is 1. The van der Waals surface area contributed by atoms with Crippen LogP contribution in [0.1, 0.15) is 51.7 Å². The second kappa shape index (κ2) is 10.6. The highest BCUT2D eigenvalue weighted by Gasteiger charge is 2.37. The van der Waals surface area contributed by atoms with Gasteiger partial charge in [-0.2, -0.15) is 0 Å². The zero-order valence-corrected chi connectivity index (χ0v) is 25.6. The lowest BCUT2D eigenvalue weighted by atomic mass is 9.63. The van der Waals surface area contributed by atoms with Gasteiger partial charge in [-0.05, 0) is 98.8 Å². The number of benzene rings is 6. The van der Waals surface area contributed by atoms with E-state index in [0.717, 1.165) is 11.4 Å². The van der Waals surface area contributed by atoms with Crippen LogP contribution in [-0.4, -0.2) is 0 Å². The molecule has 0 saturated carbocycles. The van der Waals surface area contributed by atoms with Crippen LogP contribution in [-0.2, 0) is 10.8 Å². The monoisotopic (exact) mass is 557 g/mol. The highest BCUT2D eigenvalue weighted by molar-refractivity contribution is 6.00. The van der Waals surface area contributed by atoms with Crippen molar-refractivity contribution in [3.63, 3.8) is 0 Å². The first-order valence-corrected chi connectivity index (χ1v) is 15.5. The van der Waals surface area contributed by atoms with Crippen LogP contribution in [0.2, 0.25) is 0 Å². The van der Waals surface area contributed by atoms with E-state index in [-0.39, 0.29) is 10.8 Å². The Morgan fingerprint density at radius 2 is 0.884 bits per heavy atom. The van der Waals surface area contributed by atoms with Crippen molar-refractivity contribution in [2.75, 3.05) is 4.90 Å². The van der Waals surface area contributed by atoms with Crippen molar-refractivity contribution in [3.8, 4) is 22.3 Å². The second-order valence-corrected chi connectivity index (χ2v) is 13.3. The van der Waals surface area contributed by atoms with Crippen LogP contribution in [0.25, 0.3) is 33.0 Å². The van der Waals surface area contributed by atoms with Crippen LogP contribution < -0.4 is 4.90 Å². The molecule has 1 heteroatoms. The number of fused-ring (bicyclic) bond motifs is 2. The van der Waals surface area contributed by atoms with E-state index in [2.05, 4.69) is 172 Å². The molecule has 0 N–H and O–H groups in total. The van der Waals surface area contributed by atoms with E-state index in [1.165, 1.54) is 62.7 Å². The molecule has 0 heterocycles. The minimum absolute atomic E-state index is 0.144. The summed E-state index contributed by atoms with van der Waals surface area (Å²) in [4.78, 5) is 2.43. The molecule has 0 aliphatic heterocycles. The molecule has 6 aromatic rings. The molecule has 0 radical (unpaired) electrons. The van der Waals surface area contributed by atoms with Crippen LogP contribution in [0.15, 0.2) is 140 Å². The fourth-order valence-corrected chi connectivity index (χ4v) is 6.81. The van der Waals surface area contributed by atoms with Gasteiger partial charge in [-0.25, -0.2) is 0 Å². The number of anilines is 3. The molecule has 0 saturated heterocycles. The Hall–Kier alpha value is -4.62. The Kier molecular flexibility index (Phi) is 6.70. The van der Waals surface area contributed by atoms with E-state index in [4.69, 9.17) is 0 Å². The molecule has 0 atom stereocenters. The summed E-state index contributed by atoms with van der Waals surface area (Å²) in [6, 6.07) is 51.0. The first kappa shape index (κ1) is 27.2. The molecule has 1 aliphatic carbocycles. The Morgan fingerprint density at radius 3 is 1.37 bits per heavy atom. The normalized spacial score (nSPS) is 15.2. The van der Waals surface area contributed by atoms with E-state index in [0.29, 0.717) is 0 Å². The lowest BCUT2D eigenvalue weighted by Gasteiger charge is -2.42. The minimum Gasteiger partial charge on any atom is -0.310 e. The van der Waals surface area contributed by atoms with Gasteiger partial charge >= 0.3 is 0 Å². The van der Waals surface area contributed by atoms with Gasteiger partial charge in [0.05, 0.1) is 5.69 Å². The number of hydrogen-bond donors (Lipinski definition) is 0. The standard InChI is InChI=1S/C42H39N/c1-41(2)26-27-42(3,4)39-29-37-34(28-38(39)41)16-11-17-40(37)43(35-22-18-32(19-23-35)30-12-7-5-8-13-30)36-24-20-33(21-25-36)31-14-9-6-10-15-31/h5-25,28-29H,26-27H2,1-4H3. The van der Waals surface area contributed by atoms with Crippen LogP contribution >= 0.6 is 0 Å². The van der Waals surface area contributed by atoms with Gasteiger partial charge in [-0.15, -0.1) is 0 Å². The smallest absolute Gasteiger partial charge is 0.0540 e. The maximum absolute atomic E-state index is 2.50. The van der Waals surface area contributed by atoms with Crippen molar-refractivity contribution in [3.05, 3.63) is 151 Å². The Labute approximate surface area is 256 Å². The third kappa shape index (κ3) is 5.04. The highest BCUT2D eigenvalue weighted by Crippen LogP contribution is 2.49. The summed E-state index contributed by atoms with van der Waals surface area (Å²) in [6.07, 6.45) is 2.41. The molecule has 0 aromatic heterocycles. The molecule has 6 aromatic carbocycles. The third-order valence-corrected chi connectivity index (χ3v) is 9.53. The van der Waals surface area contributed by atoms with E-state index in [1.54, 1.807) is 0 Å². The fourth-order valence-electron chi connectivity index (χ4n) is 6.81. The zero-order chi connectivity index (χ0) is 29.6. The van der Waals surface area contributed by atoms with Gasteiger partial charge in [0, 0.05) is 16.8 Å². The second-order valence-electron chi connectivity index (χ2n) is 13.3. The van der Waals surface area contributed by atoms with Crippen molar-refractivity contribution < 1.29 is 0 Å². The summed E-state index contributed by atoms with van der Waals surface area (Å²) in [5.41, 5.74) is 11.7. The quantitative estimate of drug-likeness (QED) is 0.204. The molecule has 1 nitrogen and oxygen atoms in total. The summed E-state index contributed by atoms with van der Waals surface area (Å²) in [5.74, 6) is 0. The molecule has 212 valence electrons. The maximum atomic E-state index is 2.50. The van der Waals surface area contributed by atoms with Crippen molar-refractivity contribution in [2.45, 2.75) is 51.4 Å². The first-order chi connectivity index (χ1) is 20.8. The average molecular weight is 558 g/mol. The molecule has 1 aliphatic rings. The van der Waals surface area contributed by atoms with Gasteiger partial charge in [0.25, 0.3) is 0 Å². The summed E-state index contributed by atoms with van der Waals surface area (Å²) in [5, 5.41) is 2.60. The van der Waals surface area contributed by atoms with Gasteiger partial charge in [0.15, 0.2) is 0 Å². The Bertz CT molecular complexity index is 1800. The lowest BCUT2D eigenvalue weighted by molar-refractivity contribution is 0.332. The Morgan fingerprint density at radius 1 is 0.442 bits per heavy atom. The Balaban J connectivity index is 1.41. The molecule has 7 rings (SSSR count). The molecular formula is C42H39N. The summed E-state index contributed by atoms with van der Waals surface area (Å²) in [7, 11) is 0. The SMILES string of the molecule is CC1(C)CCC(C)(C)c2cc3c(N(c4ccc(-c5ccccc5)cc4)c4ccc(-c5ccccc5)cc4)cccc3cc21. The van der Waals surface area contributed by atoms with E-state index in [9.17, 15) is 0 Å². The largest absolute Gasteiger partial charge is 0.310 e. The van der Waals surface area contributed by atoms with Crippen molar-refractivity contribution in [1.29, 1.82) is 0 Å². The van der Waals surface area contributed by atoms with Gasteiger partial charge in [-0.3, -0.25) is 0 Å². The molecular weight excluding hydrogens is 518 g/mol. The van der Waals surface area contributed by atoms with Gasteiger partial charge in [-0.1, -0.05) is 131 Å². The first-order valence-electron chi connectivity index (χ1n) is 15.5. The van der Waals surface area contributed by atoms with E-state index in [1.807, 2.05) is 0 Å². The molecule has 0 fully saturated rings. The van der Waals surface area contributed by atoms with Gasteiger partial charge < -0.3 is 4.90 Å². The fraction of sp³-hybridized carbons (Fsp3) is 0.190. The third-order valence-electron chi connectivity index (χ3n) is 9.53. The van der Waals surface area contributed by atoms with Crippen molar-refractivity contribution in [2.24, 2.45) is 0 Å². The predicted octanol–water partition coefficient (Wildman–Crippen LogP) is 12.0. The highest BCUT2D eigenvalue weighted by atomic mass is 15.1. The average Bonchev–Trinajstić information content (AvgIpc) is 3.04. The summed E-state index contributed by atoms with van der Waals surface area (Å²) >= 11 is 0. The molecule has 0 unspecified atom stereocenters. The molecule has 0 amide bonds. The van der Waals surface area contributed by atoms with Gasteiger partial charge in [0.1, 0.15) is 0 Å². The number of rotatable bonds is 5. The van der Waals surface area contributed by atoms with Crippen LogP contribution in [0.4, 0.5) is 17.1 Å². The lowest BCUT2D eigenvalue weighted by Crippen LogP contribution is -2.33. The van der Waals surface area contributed by atoms with Crippen LogP contribution in [0, 0.1) is 0 Å². The minimum atomic E-state index is 0.144. The molecule has 43 heavy (non-hydrogen) atoms. The molecule has 0 spiro atoms. The number of nitrogens with zero attached hydrogens (tertiary/aromatic N) is 1. The van der Waals surface area contributed by atoms with Crippen molar-refractivity contribution >= 4 is 27.8 Å². The molecule has 0 bridgehead atoms. The zero-order valence-electron chi connectivity index (χ0n) is 25.6. The maximum Gasteiger partial charge on any atom is 0.0540 e. The van der Waals surface area contributed by atoms with E-state index < -0.39 is 0 Å². The van der Waals surface area contributed by atoms with Crippen molar-refractivity contribution in [1.82, 2.24) is 0 Å². The topological polar surface area (TPSA) is 3.24 Å². The van der Waals surface area contributed by atoms with E-state index >= 15 is 0 Å². The van der Waals surface area contributed by atoms with Gasteiger partial charge in [0.2, 0.25) is 0 Å². The predicted molar refractivity (Wildman–Crippen MR) is 185 cm³/mol. The van der Waals surface area contributed by atoms with Crippen LogP contribution in [0.3, 0.4) is 0 Å². The summed E-state index contributed by atoms with van der Waals surface area (Å²) < 4.78 is 0.